The van der Waals surface area contributed by atoms with E-state index in [9.17, 15) is 22.4 Å². The molecular weight excluding hydrogens is 499 g/mol. The topological polar surface area (TPSA) is 123 Å². The summed E-state index contributed by atoms with van der Waals surface area (Å²) in [4.78, 5) is 30.7. The Kier molecular flexibility index (Phi) is 10.0. The minimum Gasteiger partial charge on any atom is -0.338 e. The Balaban J connectivity index is 1.47. The van der Waals surface area contributed by atoms with Crippen molar-refractivity contribution in [2.75, 3.05) is 39.6 Å². The summed E-state index contributed by atoms with van der Waals surface area (Å²) < 4.78 is 40.0. The fraction of sp³-hybridized carbons (Fsp3) is 0.909. The van der Waals surface area contributed by atoms with Crippen LogP contribution in [0, 0.1) is 17.8 Å². The fourth-order valence-electron chi connectivity index (χ4n) is 5.57. The molecule has 4 N–H and O–H groups in total. The minimum absolute atomic E-state index is 0.0366. The molecule has 1 aliphatic heterocycles. The van der Waals surface area contributed by atoms with Gasteiger partial charge in [0.2, 0.25) is 15.9 Å². The zero-order valence-electron chi connectivity index (χ0n) is 20.8. The molecule has 35 heavy (non-hydrogen) atoms. The Labute approximate surface area is 213 Å². The van der Waals surface area contributed by atoms with Gasteiger partial charge in [-0.1, -0.05) is 0 Å². The first-order valence-electron chi connectivity index (χ1n) is 12.5. The van der Waals surface area contributed by atoms with Crippen molar-refractivity contribution in [1.82, 2.24) is 30.7 Å². The number of likely N-dealkylation sites (N-methyl/N-ethyl adjacent to an activating group) is 1. The maximum Gasteiger partial charge on any atom is 0.317 e. The molecule has 0 aromatic rings. The summed E-state index contributed by atoms with van der Waals surface area (Å²) in [6.45, 7) is 3.94. The Hall–Kier alpha value is -1.21. The van der Waals surface area contributed by atoms with Gasteiger partial charge in [0.25, 0.3) is 0 Å². The third-order valence-corrected chi connectivity index (χ3v) is 9.39. The Morgan fingerprint density at radius 1 is 1.20 bits per heavy atom. The Bertz CT molecular complexity index is 844. The number of urea groups is 1. The van der Waals surface area contributed by atoms with Gasteiger partial charge in [0.1, 0.15) is 6.17 Å². The van der Waals surface area contributed by atoms with Crippen molar-refractivity contribution in [3.63, 3.8) is 0 Å². The highest BCUT2D eigenvalue weighted by Crippen LogP contribution is 2.37. The highest BCUT2D eigenvalue weighted by atomic mass is 35.5. The number of amides is 3. The lowest BCUT2D eigenvalue weighted by Gasteiger charge is -2.37. The van der Waals surface area contributed by atoms with Crippen molar-refractivity contribution in [2.24, 2.45) is 17.8 Å². The van der Waals surface area contributed by atoms with Crippen molar-refractivity contribution in [3.8, 4) is 0 Å². The maximum atomic E-state index is 14.8. The number of hydrogen-bond donors (Lipinski definition) is 4. The number of nitrogens with one attached hydrogen (secondary N) is 4. The average Bonchev–Trinajstić information content (AvgIpc) is 3.25. The maximum absolute atomic E-state index is 14.8. The SMILES string of the molecule is CCNC(=O)N(C)C1CCC(CS(=O)(=O)NNC(=O)C2CC(C3CN(C)CN3)CC(Cl)C2F)CC1. The summed E-state index contributed by atoms with van der Waals surface area (Å²) in [6.07, 6.45) is 2.01. The van der Waals surface area contributed by atoms with Crippen molar-refractivity contribution < 1.29 is 22.4 Å². The van der Waals surface area contributed by atoms with Crippen molar-refractivity contribution >= 4 is 33.6 Å². The van der Waals surface area contributed by atoms with E-state index in [0.717, 1.165) is 13.2 Å². The first kappa shape index (κ1) is 28.4. The van der Waals surface area contributed by atoms with Crippen LogP contribution in [0.2, 0.25) is 0 Å². The number of halogens is 2. The third kappa shape index (κ3) is 7.64. The second-order valence-corrected chi connectivity index (χ2v) is 12.6. The lowest BCUT2D eigenvalue weighted by atomic mass is 9.76. The molecule has 5 atom stereocenters. The number of rotatable bonds is 8. The van der Waals surface area contributed by atoms with E-state index in [1.54, 1.807) is 11.9 Å². The van der Waals surface area contributed by atoms with E-state index in [1.165, 1.54) is 0 Å². The molecule has 5 unspecified atom stereocenters. The Morgan fingerprint density at radius 3 is 2.49 bits per heavy atom. The lowest BCUT2D eigenvalue weighted by molar-refractivity contribution is -0.129. The van der Waals surface area contributed by atoms with Crippen LogP contribution in [0.3, 0.4) is 0 Å². The van der Waals surface area contributed by atoms with Crippen LogP contribution in [-0.2, 0) is 14.8 Å². The summed E-state index contributed by atoms with van der Waals surface area (Å²) in [6, 6.07) is 0.0773. The summed E-state index contributed by atoms with van der Waals surface area (Å²) >= 11 is 6.24. The second-order valence-electron chi connectivity index (χ2n) is 10.3. The van der Waals surface area contributed by atoms with Gasteiger partial charge in [-0.2, -0.15) is 0 Å². The molecule has 3 rings (SSSR count). The zero-order chi connectivity index (χ0) is 25.8. The highest BCUT2D eigenvalue weighted by Gasteiger charge is 2.44. The van der Waals surface area contributed by atoms with Crippen LogP contribution in [-0.4, -0.2) is 93.4 Å². The van der Waals surface area contributed by atoms with Gasteiger partial charge in [0, 0.05) is 38.9 Å². The summed E-state index contributed by atoms with van der Waals surface area (Å²) in [5.41, 5.74) is 2.24. The molecular formula is C22H40ClFN6O4S. The van der Waals surface area contributed by atoms with E-state index in [-0.39, 0.29) is 35.7 Å². The molecule has 3 amide bonds. The molecule has 202 valence electrons. The molecule has 2 aliphatic carbocycles. The lowest BCUT2D eigenvalue weighted by Crippen LogP contribution is -2.52. The number of carbonyl (C=O) groups excluding carboxylic acids is 2. The summed E-state index contributed by atoms with van der Waals surface area (Å²) in [5, 5.41) is 5.35. The van der Waals surface area contributed by atoms with E-state index >= 15 is 0 Å². The normalized spacial score (nSPS) is 34.4. The summed E-state index contributed by atoms with van der Waals surface area (Å²) in [7, 11) is -0.0552. The smallest absolute Gasteiger partial charge is 0.317 e. The van der Waals surface area contributed by atoms with Crippen LogP contribution in [0.15, 0.2) is 0 Å². The molecule has 0 aromatic carbocycles. The van der Waals surface area contributed by atoms with Crippen LogP contribution >= 0.6 is 11.6 Å². The van der Waals surface area contributed by atoms with Gasteiger partial charge in [0.15, 0.2) is 0 Å². The Morgan fingerprint density at radius 2 is 1.89 bits per heavy atom. The average molecular weight is 539 g/mol. The van der Waals surface area contributed by atoms with Crippen LogP contribution in [0.4, 0.5) is 9.18 Å². The number of carbonyl (C=O) groups is 2. The third-order valence-electron chi connectivity index (χ3n) is 7.65. The van der Waals surface area contributed by atoms with Crippen molar-refractivity contribution in [1.29, 1.82) is 0 Å². The molecule has 3 fully saturated rings. The van der Waals surface area contributed by atoms with Gasteiger partial charge in [-0.25, -0.2) is 17.6 Å². The highest BCUT2D eigenvalue weighted by molar-refractivity contribution is 7.89. The van der Waals surface area contributed by atoms with Crippen molar-refractivity contribution in [3.05, 3.63) is 0 Å². The second kappa shape index (κ2) is 12.4. The van der Waals surface area contributed by atoms with Crippen LogP contribution < -0.4 is 20.9 Å². The molecule has 0 aromatic heterocycles. The predicted octanol–water partition coefficient (Wildman–Crippen LogP) is 0.990. The standard InChI is InChI=1S/C22H40ClFN6O4S/c1-4-25-22(32)30(3)16-7-5-14(6-8-16)12-35(33,34)28-27-21(31)17-9-15(10-18(23)20(17)24)19-11-29(2)13-26-19/h14-20,26,28H,4-13H2,1-3H3,(H,25,32)(H,27,31). The van der Waals surface area contributed by atoms with Gasteiger partial charge in [-0.15, -0.1) is 16.4 Å². The summed E-state index contributed by atoms with van der Waals surface area (Å²) in [5.74, 6) is -1.86. The fourth-order valence-corrected chi connectivity index (χ4v) is 7.27. The van der Waals surface area contributed by atoms with Gasteiger partial charge < -0.3 is 10.2 Å². The number of nitrogens with zero attached hydrogens (tertiary/aromatic N) is 2. The molecule has 13 heteroatoms. The molecule has 0 bridgehead atoms. The molecule has 10 nitrogen and oxygen atoms in total. The van der Waals surface area contributed by atoms with E-state index < -0.39 is 33.4 Å². The van der Waals surface area contributed by atoms with E-state index in [2.05, 4.69) is 25.8 Å². The van der Waals surface area contributed by atoms with Gasteiger partial charge in [-0.3, -0.25) is 20.4 Å². The first-order chi connectivity index (χ1) is 16.5. The number of hydrogen-bond acceptors (Lipinski definition) is 6. The number of hydrazine groups is 1. The van der Waals surface area contributed by atoms with Crippen LogP contribution in [0.25, 0.3) is 0 Å². The van der Waals surface area contributed by atoms with Crippen molar-refractivity contribution in [2.45, 2.75) is 69.1 Å². The predicted molar refractivity (Wildman–Crippen MR) is 133 cm³/mol. The number of sulfonamides is 1. The molecule has 1 heterocycles. The van der Waals surface area contributed by atoms with Gasteiger partial charge in [-0.05, 0) is 64.3 Å². The first-order valence-corrected chi connectivity index (χ1v) is 14.6. The van der Waals surface area contributed by atoms with E-state index in [1.807, 2.05) is 14.0 Å². The number of alkyl halides is 2. The van der Waals surface area contributed by atoms with Gasteiger partial charge in [0.05, 0.1) is 17.0 Å². The monoisotopic (exact) mass is 538 g/mol. The van der Waals surface area contributed by atoms with Crippen LogP contribution in [0.1, 0.15) is 45.4 Å². The molecule has 0 spiro atoms. The van der Waals surface area contributed by atoms with Crippen LogP contribution in [0.5, 0.6) is 0 Å². The molecule has 3 aliphatic rings. The molecule has 1 saturated heterocycles. The molecule has 0 radical (unpaired) electrons. The van der Waals surface area contributed by atoms with E-state index in [0.29, 0.717) is 45.1 Å². The zero-order valence-corrected chi connectivity index (χ0v) is 22.4. The van der Waals surface area contributed by atoms with Gasteiger partial charge >= 0.3 is 6.03 Å². The van der Waals surface area contributed by atoms with E-state index in [4.69, 9.17) is 11.6 Å². The quantitative estimate of drug-likeness (QED) is 0.270. The largest absolute Gasteiger partial charge is 0.338 e. The minimum atomic E-state index is -3.79. The molecule has 2 saturated carbocycles.